The topological polar surface area (TPSA) is 93.1 Å². The number of carboxylic acid groups (broad SMARTS) is 2. The quantitative estimate of drug-likeness (QED) is 0.737. The van der Waals surface area contributed by atoms with Gasteiger partial charge in [0.1, 0.15) is 11.7 Å². The van der Waals surface area contributed by atoms with Crippen LogP contribution in [0.2, 0.25) is 0 Å². The Labute approximate surface area is 105 Å². The Hall–Kier alpha value is -1.82. The summed E-state index contributed by atoms with van der Waals surface area (Å²) in [5.74, 6) is -3.10. The van der Waals surface area contributed by atoms with Crippen LogP contribution in [0, 0.1) is 5.92 Å². The first-order valence-corrected chi connectivity index (χ1v) is 5.65. The maximum absolute atomic E-state index is 11.1. The first-order chi connectivity index (χ1) is 8.51. The van der Waals surface area contributed by atoms with E-state index in [1.165, 1.54) is 12.2 Å². The highest BCUT2D eigenvalue weighted by atomic mass is 16.5. The van der Waals surface area contributed by atoms with Gasteiger partial charge in [-0.15, -0.1) is 0 Å². The highest BCUT2D eigenvalue weighted by molar-refractivity contribution is 5.92. The highest BCUT2D eigenvalue weighted by Gasteiger charge is 2.33. The summed E-state index contributed by atoms with van der Waals surface area (Å²) >= 11 is 0. The Bertz CT molecular complexity index is 395. The summed E-state index contributed by atoms with van der Waals surface area (Å²) in [6, 6.07) is 0. The van der Waals surface area contributed by atoms with Crippen LogP contribution in [0.1, 0.15) is 13.8 Å². The third kappa shape index (κ3) is 3.10. The van der Waals surface area contributed by atoms with Crippen LogP contribution in [0.15, 0.2) is 23.5 Å². The normalized spacial score (nSPS) is 23.0. The van der Waals surface area contributed by atoms with Crippen molar-refractivity contribution in [3.8, 4) is 0 Å². The smallest absolute Gasteiger partial charge is 0.339 e. The van der Waals surface area contributed by atoms with E-state index in [2.05, 4.69) is 0 Å². The zero-order valence-corrected chi connectivity index (χ0v) is 10.3. The van der Waals surface area contributed by atoms with E-state index in [1.807, 2.05) is 0 Å². The number of aliphatic carboxylic acids is 2. The zero-order chi connectivity index (χ0) is 13.7. The average molecular weight is 256 g/mol. The molecular formula is C12H16O6. The molecule has 0 spiro atoms. The van der Waals surface area contributed by atoms with E-state index in [0.29, 0.717) is 6.61 Å². The summed E-state index contributed by atoms with van der Waals surface area (Å²) < 4.78 is 10.4. The molecule has 2 unspecified atom stereocenters. The molecular weight excluding hydrogens is 240 g/mol. The van der Waals surface area contributed by atoms with Crippen LogP contribution in [0.25, 0.3) is 0 Å². The van der Waals surface area contributed by atoms with Gasteiger partial charge in [-0.25, -0.2) is 4.79 Å². The number of carboxylic acids is 2. The van der Waals surface area contributed by atoms with E-state index in [4.69, 9.17) is 19.7 Å². The molecule has 0 aromatic carbocycles. The molecule has 1 aliphatic rings. The molecule has 0 amide bonds. The van der Waals surface area contributed by atoms with Gasteiger partial charge in [0.25, 0.3) is 0 Å². The van der Waals surface area contributed by atoms with E-state index >= 15 is 0 Å². The molecule has 2 N–H and O–H groups in total. The number of carbonyl (C=O) groups is 2. The predicted molar refractivity (Wildman–Crippen MR) is 62.0 cm³/mol. The van der Waals surface area contributed by atoms with Gasteiger partial charge in [-0.3, -0.25) is 4.79 Å². The Balaban J connectivity index is 3.09. The van der Waals surface area contributed by atoms with Crippen molar-refractivity contribution in [2.24, 2.45) is 5.92 Å². The molecule has 0 saturated heterocycles. The van der Waals surface area contributed by atoms with Crippen molar-refractivity contribution in [1.29, 1.82) is 0 Å². The second-order valence-corrected chi connectivity index (χ2v) is 3.63. The van der Waals surface area contributed by atoms with Gasteiger partial charge >= 0.3 is 11.9 Å². The predicted octanol–water partition coefficient (Wildman–Crippen LogP) is 1.04. The van der Waals surface area contributed by atoms with Gasteiger partial charge in [0.05, 0.1) is 18.3 Å². The maximum atomic E-state index is 11.1. The molecule has 6 nitrogen and oxygen atoms in total. The minimum absolute atomic E-state index is 0.0622. The number of hydrogen-bond donors (Lipinski definition) is 2. The first-order valence-electron chi connectivity index (χ1n) is 5.65. The van der Waals surface area contributed by atoms with E-state index in [0.717, 1.165) is 0 Å². The molecule has 1 rings (SSSR count). The molecule has 0 saturated carbocycles. The number of rotatable bonds is 6. The average Bonchev–Trinajstić information content (AvgIpc) is 2.30. The van der Waals surface area contributed by atoms with Gasteiger partial charge in [-0.2, -0.15) is 0 Å². The van der Waals surface area contributed by atoms with E-state index in [1.54, 1.807) is 13.8 Å². The molecule has 18 heavy (non-hydrogen) atoms. The maximum Gasteiger partial charge on any atom is 0.339 e. The van der Waals surface area contributed by atoms with Crippen molar-refractivity contribution in [3.05, 3.63) is 23.5 Å². The SMILES string of the molecule is CCOC1=CC(C(=O)O)C(OCC)C=C1C(=O)O. The third-order valence-electron chi connectivity index (χ3n) is 2.46. The van der Waals surface area contributed by atoms with Crippen molar-refractivity contribution in [2.75, 3.05) is 13.2 Å². The van der Waals surface area contributed by atoms with Crippen molar-refractivity contribution in [1.82, 2.24) is 0 Å². The Morgan fingerprint density at radius 1 is 1.22 bits per heavy atom. The van der Waals surface area contributed by atoms with Gasteiger partial charge in [0, 0.05) is 6.61 Å². The van der Waals surface area contributed by atoms with Crippen molar-refractivity contribution in [3.63, 3.8) is 0 Å². The molecule has 0 fully saturated rings. The van der Waals surface area contributed by atoms with Crippen molar-refractivity contribution in [2.45, 2.75) is 20.0 Å². The van der Waals surface area contributed by atoms with Gasteiger partial charge in [0.15, 0.2) is 0 Å². The van der Waals surface area contributed by atoms with Crippen molar-refractivity contribution < 1.29 is 29.3 Å². The van der Waals surface area contributed by atoms with Crippen LogP contribution >= 0.6 is 0 Å². The molecule has 100 valence electrons. The lowest BCUT2D eigenvalue weighted by Gasteiger charge is -2.25. The molecule has 1 aliphatic carbocycles. The van der Waals surface area contributed by atoms with E-state index in [-0.39, 0.29) is 17.9 Å². The van der Waals surface area contributed by atoms with Crippen LogP contribution in [0.5, 0.6) is 0 Å². The summed E-state index contributed by atoms with van der Waals surface area (Å²) in [6.45, 7) is 3.98. The third-order valence-corrected chi connectivity index (χ3v) is 2.46. The second-order valence-electron chi connectivity index (χ2n) is 3.63. The Morgan fingerprint density at radius 2 is 1.89 bits per heavy atom. The van der Waals surface area contributed by atoms with E-state index < -0.39 is 24.0 Å². The highest BCUT2D eigenvalue weighted by Crippen LogP contribution is 2.26. The molecule has 2 atom stereocenters. The Morgan fingerprint density at radius 3 is 2.33 bits per heavy atom. The second kappa shape index (κ2) is 6.20. The fraction of sp³-hybridized carbons (Fsp3) is 0.500. The van der Waals surface area contributed by atoms with Crippen LogP contribution in [-0.4, -0.2) is 41.5 Å². The lowest BCUT2D eigenvalue weighted by molar-refractivity contribution is -0.144. The summed E-state index contributed by atoms with van der Waals surface area (Å²) in [6.07, 6.45) is 1.79. The standard InChI is InChI=1S/C12H16O6/c1-3-17-9-5-8(12(15)16)10(18-4-2)6-7(9)11(13)14/h5-7,9H,3-4H2,1-2H3,(H,13,14)(H,15,16). The molecule has 0 aromatic heterocycles. The van der Waals surface area contributed by atoms with Gasteiger partial charge in [-0.1, -0.05) is 0 Å². The molecule has 6 heteroatoms. The van der Waals surface area contributed by atoms with Crippen LogP contribution < -0.4 is 0 Å². The van der Waals surface area contributed by atoms with Gasteiger partial charge in [0.2, 0.25) is 0 Å². The van der Waals surface area contributed by atoms with E-state index in [9.17, 15) is 9.59 Å². The van der Waals surface area contributed by atoms with Crippen LogP contribution in [0.3, 0.4) is 0 Å². The fourth-order valence-electron chi connectivity index (χ4n) is 1.71. The monoisotopic (exact) mass is 256 g/mol. The lowest BCUT2D eigenvalue weighted by Crippen LogP contribution is -2.32. The minimum atomic E-state index is -1.16. The van der Waals surface area contributed by atoms with Crippen molar-refractivity contribution >= 4 is 11.9 Å². The lowest BCUT2D eigenvalue weighted by atomic mass is 9.92. The molecule has 0 bridgehead atoms. The minimum Gasteiger partial charge on any atom is -0.493 e. The molecule has 0 heterocycles. The first kappa shape index (κ1) is 14.2. The van der Waals surface area contributed by atoms with Gasteiger partial charge < -0.3 is 19.7 Å². The van der Waals surface area contributed by atoms with Crippen LogP contribution in [0.4, 0.5) is 0 Å². The zero-order valence-electron chi connectivity index (χ0n) is 10.3. The number of ether oxygens (including phenoxy) is 2. The number of hydrogen-bond acceptors (Lipinski definition) is 4. The summed E-state index contributed by atoms with van der Waals surface area (Å²) in [5.41, 5.74) is -0.0622. The molecule has 0 aliphatic heterocycles. The molecule has 0 radical (unpaired) electrons. The van der Waals surface area contributed by atoms with Crippen LogP contribution in [-0.2, 0) is 19.1 Å². The summed E-state index contributed by atoms with van der Waals surface area (Å²) in [7, 11) is 0. The molecule has 0 aromatic rings. The van der Waals surface area contributed by atoms with Gasteiger partial charge in [-0.05, 0) is 26.0 Å². The Kier molecular flexibility index (Phi) is 4.91. The fourth-order valence-corrected chi connectivity index (χ4v) is 1.71. The summed E-state index contributed by atoms with van der Waals surface area (Å²) in [5, 5.41) is 18.1. The summed E-state index contributed by atoms with van der Waals surface area (Å²) in [4.78, 5) is 22.2. The largest absolute Gasteiger partial charge is 0.493 e.